The Bertz CT molecular complexity index is 366. The molecular formula is C30H60O2. The Balaban J connectivity index is 3.52. The minimum atomic E-state index is -0.600. The molecule has 1 N–H and O–H groups in total. The molecule has 0 aromatic carbocycles. The van der Waals surface area contributed by atoms with Gasteiger partial charge in [0, 0.05) is 6.42 Å². The van der Waals surface area contributed by atoms with E-state index >= 15 is 0 Å². The van der Waals surface area contributed by atoms with Gasteiger partial charge in [-0.2, -0.15) is 0 Å². The quantitative estimate of drug-likeness (QED) is 0.126. The summed E-state index contributed by atoms with van der Waals surface area (Å²) in [6.07, 6.45) is 34.2. The van der Waals surface area contributed by atoms with Gasteiger partial charge in [0.05, 0.1) is 0 Å². The van der Waals surface area contributed by atoms with Crippen LogP contribution in [0, 0.1) is 5.92 Å². The molecule has 0 heterocycles. The molecule has 0 fully saturated rings. The van der Waals surface area contributed by atoms with Crippen LogP contribution in [-0.2, 0) is 4.79 Å². The van der Waals surface area contributed by atoms with Gasteiger partial charge in [-0.05, 0) is 18.8 Å². The lowest BCUT2D eigenvalue weighted by Gasteiger charge is -2.14. The van der Waals surface area contributed by atoms with Crippen molar-refractivity contribution >= 4 is 5.97 Å². The fraction of sp³-hybridized carbons (Fsp3) is 0.967. The zero-order valence-electron chi connectivity index (χ0n) is 22.3. The molecule has 0 aliphatic carbocycles. The number of hydrogen-bond donors (Lipinski definition) is 1. The van der Waals surface area contributed by atoms with E-state index in [4.69, 9.17) is 0 Å². The summed E-state index contributed by atoms with van der Waals surface area (Å²) in [4.78, 5) is 11.2. The van der Waals surface area contributed by atoms with Crippen molar-refractivity contribution in [1.29, 1.82) is 0 Å². The summed E-state index contributed by atoms with van der Waals surface area (Å²) in [6.45, 7) is 4.56. The van der Waals surface area contributed by atoms with Gasteiger partial charge in [-0.25, -0.2) is 0 Å². The lowest BCUT2D eigenvalue weighted by atomic mass is 9.91. The third kappa shape index (κ3) is 25.7. The third-order valence-corrected chi connectivity index (χ3v) is 7.15. The Hall–Kier alpha value is -0.530. The topological polar surface area (TPSA) is 37.3 Å². The number of carboxylic acids is 1. The van der Waals surface area contributed by atoms with Crippen molar-refractivity contribution in [3.63, 3.8) is 0 Å². The average Bonchev–Trinajstić information content (AvgIpc) is 2.77. The van der Waals surface area contributed by atoms with Crippen LogP contribution in [0.4, 0.5) is 0 Å². The fourth-order valence-corrected chi connectivity index (χ4v) is 4.97. The van der Waals surface area contributed by atoms with Gasteiger partial charge in [0.15, 0.2) is 0 Å². The second-order valence-electron chi connectivity index (χ2n) is 10.5. The highest BCUT2D eigenvalue weighted by Crippen LogP contribution is 2.22. The fourth-order valence-electron chi connectivity index (χ4n) is 4.97. The van der Waals surface area contributed by atoms with E-state index in [1.54, 1.807) is 0 Å². The Labute approximate surface area is 202 Å². The summed E-state index contributed by atoms with van der Waals surface area (Å²) in [7, 11) is 0. The predicted molar refractivity (Wildman–Crippen MR) is 143 cm³/mol. The number of aliphatic carboxylic acids is 1. The van der Waals surface area contributed by atoms with Crippen LogP contribution in [0.25, 0.3) is 0 Å². The van der Waals surface area contributed by atoms with Crippen molar-refractivity contribution in [3.05, 3.63) is 0 Å². The van der Waals surface area contributed by atoms with Gasteiger partial charge in [0.2, 0.25) is 0 Å². The second-order valence-corrected chi connectivity index (χ2v) is 10.5. The van der Waals surface area contributed by atoms with Crippen LogP contribution in [0.1, 0.15) is 181 Å². The Morgan fingerprint density at radius 2 is 0.719 bits per heavy atom. The Morgan fingerprint density at radius 1 is 0.469 bits per heavy atom. The van der Waals surface area contributed by atoms with Crippen molar-refractivity contribution in [2.24, 2.45) is 5.92 Å². The molecule has 0 aromatic rings. The van der Waals surface area contributed by atoms with Crippen LogP contribution < -0.4 is 0 Å². The molecule has 0 aliphatic rings. The summed E-state index contributed by atoms with van der Waals surface area (Å²) >= 11 is 0. The van der Waals surface area contributed by atoms with E-state index in [-0.39, 0.29) is 0 Å². The summed E-state index contributed by atoms with van der Waals surface area (Å²) in [5.41, 5.74) is 0. The summed E-state index contributed by atoms with van der Waals surface area (Å²) in [5, 5.41) is 9.25. The molecule has 0 spiro atoms. The molecule has 2 nitrogen and oxygen atoms in total. The van der Waals surface area contributed by atoms with Gasteiger partial charge in [0.1, 0.15) is 0 Å². The van der Waals surface area contributed by atoms with E-state index < -0.39 is 5.97 Å². The normalized spacial score (nSPS) is 12.3. The second kappa shape index (κ2) is 26.7. The van der Waals surface area contributed by atoms with Gasteiger partial charge in [-0.1, -0.05) is 162 Å². The molecule has 0 amide bonds. The first-order valence-electron chi connectivity index (χ1n) is 14.9. The minimum absolute atomic E-state index is 0.385. The molecule has 0 aliphatic heterocycles. The number of hydrogen-bond acceptors (Lipinski definition) is 1. The number of carbonyl (C=O) groups is 1. The van der Waals surface area contributed by atoms with Gasteiger partial charge < -0.3 is 5.11 Å². The van der Waals surface area contributed by atoms with E-state index in [1.165, 1.54) is 148 Å². The Morgan fingerprint density at radius 3 is 0.969 bits per heavy atom. The molecule has 1 atom stereocenters. The molecule has 0 rings (SSSR count). The zero-order chi connectivity index (χ0) is 23.5. The molecule has 0 saturated heterocycles. The van der Waals surface area contributed by atoms with Crippen molar-refractivity contribution in [3.8, 4) is 0 Å². The summed E-state index contributed by atoms with van der Waals surface area (Å²) in [5.74, 6) is -0.189. The first-order chi connectivity index (χ1) is 15.7. The van der Waals surface area contributed by atoms with E-state index in [0.29, 0.717) is 12.3 Å². The van der Waals surface area contributed by atoms with Crippen molar-refractivity contribution in [1.82, 2.24) is 0 Å². The lowest BCUT2D eigenvalue weighted by molar-refractivity contribution is -0.138. The molecular weight excluding hydrogens is 392 g/mol. The van der Waals surface area contributed by atoms with E-state index in [9.17, 15) is 9.90 Å². The smallest absolute Gasteiger partial charge is 0.303 e. The van der Waals surface area contributed by atoms with Crippen LogP contribution >= 0.6 is 0 Å². The molecule has 0 saturated carbocycles. The van der Waals surface area contributed by atoms with Crippen LogP contribution in [0.2, 0.25) is 0 Å². The van der Waals surface area contributed by atoms with Crippen molar-refractivity contribution < 1.29 is 9.90 Å². The summed E-state index contributed by atoms with van der Waals surface area (Å²) in [6, 6.07) is 0. The standard InChI is InChI=1S/C30H60O2/c1-3-5-7-9-11-13-15-16-17-19-21-23-25-27-29(28-30(31)32)26-24-22-20-18-14-12-10-8-6-4-2/h29H,3-28H2,1-2H3,(H,31,32). The van der Waals surface area contributed by atoms with E-state index in [1.807, 2.05) is 0 Å². The number of carboxylic acid groups (broad SMARTS) is 1. The van der Waals surface area contributed by atoms with Crippen LogP contribution in [-0.4, -0.2) is 11.1 Å². The highest BCUT2D eigenvalue weighted by Gasteiger charge is 2.12. The van der Waals surface area contributed by atoms with E-state index in [2.05, 4.69) is 13.8 Å². The van der Waals surface area contributed by atoms with Gasteiger partial charge in [-0.15, -0.1) is 0 Å². The monoisotopic (exact) mass is 452 g/mol. The SMILES string of the molecule is CCCCCCCCCCCCCCCC(CCCCCCCCCCCC)CC(=O)O. The maximum atomic E-state index is 11.2. The highest BCUT2D eigenvalue weighted by atomic mass is 16.4. The van der Waals surface area contributed by atoms with E-state index in [0.717, 1.165) is 12.8 Å². The third-order valence-electron chi connectivity index (χ3n) is 7.15. The Kier molecular flexibility index (Phi) is 26.3. The molecule has 0 aromatic heterocycles. The first kappa shape index (κ1) is 31.5. The van der Waals surface area contributed by atoms with Crippen molar-refractivity contribution in [2.45, 2.75) is 181 Å². The van der Waals surface area contributed by atoms with Crippen molar-refractivity contribution in [2.75, 3.05) is 0 Å². The lowest BCUT2D eigenvalue weighted by Crippen LogP contribution is -2.08. The molecule has 32 heavy (non-hydrogen) atoms. The van der Waals surface area contributed by atoms with Gasteiger partial charge in [0.25, 0.3) is 0 Å². The van der Waals surface area contributed by atoms with Crippen LogP contribution in [0.3, 0.4) is 0 Å². The molecule has 2 heteroatoms. The molecule has 0 radical (unpaired) electrons. The highest BCUT2D eigenvalue weighted by molar-refractivity contribution is 5.66. The number of unbranched alkanes of at least 4 members (excludes halogenated alkanes) is 21. The predicted octanol–water partition coefficient (Wildman–Crippen LogP) is 10.9. The maximum absolute atomic E-state index is 11.2. The molecule has 0 bridgehead atoms. The average molecular weight is 453 g/mol. The van der Waals surface area contributed by atoms with Crippen LogP contribution in [0.15, 0.2) is 0 Å². The van der Waals surface area contributed by atoms with Crippen LogP contribution in [0.5, 0.6) is 0 Å². The van der Waals surface area contributed by atoms with Gasteiger partial charge in [-0.3, -0.25) is 4.79 Å². The maximum Gasteiger partial charge on any atom is 0.303 e. The minimum Gasteiger partial charge on any atom is -0.481 e. The largest absolute Gasteiger partial charge is 0.481 e. The number of rotatable bonds is 27. The zero-order valence-corrected chi connectivity index (χ0v) is 22.3. The van der Waals surface area contributed by atoms with Gasteiger partial charge >= 0.3 is 5.97 Å². The molecule has 192 valence electrons. The summed E-state index contributed by atoms with van der Waals surface area (Å²) < 4.78 is 0. The molecule has 1 unspecified atom stereocenters. The first-order valence-corrected chi connectivity index (χ1v) is 14.9.